The Morgan fingerprint density at radius 1 is 1.31 bits per heavy atom. The van der Waals surface area contributed by atoms with Gasteiger partial charge in [0.05, 0.1) is 0 Å². The Bertz CT molecular complexity index is 417. The summed E-state index contributed by atoms with van der Waals surface area (Å²) in [7, 11) is 0. The molecule has 1 aromatic rings. The van der Waals surface area contributed by atoms with Crippen LogP contribution in [-0.2, 0) is 16.1 Å². The van der Waals surface area contributed by atoms with E-state index in [4.69, 9.17) is 4.74 Å². The summed E-state index contributed by atoms with van der Waals surface area (Å²) in [6.07, 6.45) is 2.60. The molecule has 0 radical (unpaired) electrons. The van der Waals surface area contributed by atoms with Crippen molar-refractivity contribution in [3.8, 4) is 0 Å². The molecule has 1 aliphatic carbocycles. The number of hydrogen-bond donors (Lipinski definition) is 0. The molecule has 0 aliphatic heterocycles. The first kappa shape index (κ1) is 11.2. The van der Waals surface area contributed by atoms with Crippen LogP contribution in [-0.4, -0.2) is 5.97 Å². The zero-order valence-corrected chi connectivity index (χ0v) is 10.2. The van der Waals surface area contributed by atoms with Crippen molar-refractivity contribution >= 4 is 5.97 Å². The molecule has 0 spiro atoms. The topological polar surface area (TPSA) is 26.3 Å². The molecule has 2 rings (SSSR count). The maximum absolute atomic E-state index is 10.8. The van der Waals surface area contributed by atoms with Crippen LogP contribution in [0.5, 0.6) is 0 Å². The van der Waals surface area contributed by atoms with Crippen molar-refractivity contribution in [2.24, 2.45) is 0 Å². The largest absolute Gasteiger partial charge is 0.461 e. The summed E-state index contributed by atoms with van der Waals surface area (Å²) < 4.78 is 5.06. The minimum absolute atomic E-state index is 0.215. The number of ether oxygens (including phenoxy) is 1. The van der Waals surface area contributed by atoms with Crippen LogP contribution in [0.15, 0.2) is 12.1 Å². The molecule has 0 N–H and O–H groups in total. The molecular weight excluding hydrogens is 200 g/mol. The summed E-state index contributed by atoms with van der Waals surface area (Å²) in [5.74, 6) is 0.532. The number of carbonyl (C=O) groups is 1. The van der Waals surface area contributed by atoms with Crippen LogP contribution in [0.25, 0.3) is 0 Å². The summed E-state index contributed by atoms with van der Waals surface area (Å²) in [5, 5.41) is 0. The Morgan fingerprint density at radius 2 is 2.00 bits per heavy atom. The molecule has 1 fully saturated rings. The van der Waals surface area contributed by atoms with E-state index < -0.39 is 0 Å². The summed E-state index contributed by atoms with van der Waals surface area (Å²) in [4.78, 5) is 10.8. The molecule has 2 nitrogen and oxygen atoms in total. The molecule has 0 amide bonds. The highest BCUT2D eigenvalue weighted by Crippen LogP contribution is 2.42. The number of esters is 1. The maximum Gasteiger partial charge on any atom is 0.302 e. The number of rotatable bonds is 3. The fraction of sp³-hybridized carbons (Fsp3) is 0.500. The third kappa shape index (κ3) is 2.43. The first-order valence-corrected chi connectivity index (χ1v) is 5.81. The van der Waals surface area contributed by atoms with Crippen LogP contribution in [0, 0.1) is 13.8 Å². The van der Waals surface area contributed by atoms with Gasteiger partial charge in [0, 0.05) is 6.92 Å². The van der Waals surface area contributed by atoms with Crippen molar-refractivity contribution < 1.29 is 9.53 Å². The second kappa shape index (κ2) is 4.28. The van der Waals surface area contributed by atoms with E-state index in [1.807, 2.05) is 0 Å². The lowest BCUT2D eigenvalue weighted by Gasteiger charge is -2.11. The van der Waals surface area contributed by atoms with Gasteiger partial charge in [-0.3, -0.25) is 4.79 Å². The minimum Gasteiger partial charge on any atom is -0.461 e. The van der Waals surface area contributed by atoms with E-state index in [0.29, 0.717) is 6.61 Å². The molecule has 0 saturated heterocycles. The Balaban J connectivity index is 2.22. The van der Waals surface area contributed by atoms with E-state index in [9.17, 15) is 4.79 Å². The van der Waals surface area contributed by atoms with E-state index in [2.05, 4.69) is 26.0 Å². The average Bonchev–Trinajstić information content (AvgIpc) is 2.99. The van der Waals surface area contributed by atoms with Crippen LogP contribution in [0.2, 0.25) is 0 Å². The first-order chi connectivity index (χ1) is 7.58. The molecule has 86 valence electrons. The van der Waals surface area contributed by atoms with E-state index in [0.717, 1.165) is 11.5 Å². The Morgan fingerprint density at radius 3 is 2.56 bits per heavy atom. The maximum atomic E-state index is 10.8. The minimum atomic E-state index is -0.215. The van der Waals surface area contributed by atoms with E-state index in [1.54, 1.807) is 0 Å². The van der Waals surface area contributed by atoms with Gasteiger partial charge in [-0.1, -0.05) is 12.1 Å². The Kier molecular flexibility index (Phi) is 2.99. The van der Waals surface area contributed by atoms with Gasteiger partial charge >= 0.3 is 5.97 Å². The van der Waals surface area contributed by atoms with Gasteiger partial charge in [-0.15, -0.1) is 0 Å². The molecule has 0 heterocycles. The van der Waals surface area contributed by atoms with Crippen LogP contribution < -0.4 is 0 Å². The normalized spacial score (nSPS) is 14.9. The third-order valence-electron chi connectivity index (χ3n) is 3.17. The van der Waals surface area contributed by atoms with Gasteiger partial charge < -0.3 is 4.74 Å². The van der Waals surface area contributed by atoms with E-state index in [1.165, 1.54) is 36.5 Å². The van der Waals surface area contributed by atoms with Gasteiger partial charge in [-0.2, -0.15) is 0 Å². The highest BCUT2D eigenvalue weighted by molar-refractivity contribution is 5.66. The number of aryl methyl sites for hydroxylation is 2. The molecule has 0 unspecified atom stereocenters. The van der Waals surface area contributed by atoms with Gasteiger partial charge in [0.1, 0.15) is 6.61 Å². The molecule has 0 bridgehead atoms. The molecule has 0 aromatic heterocycles. The van der Waals surface area contributed by atoms with Crippen LogP contribution in [0.1, 0.15) is 47.9 Å². The lowest BCUT2D eigenvalue weighted by molar-refractivity contribution is -0.142. The highest BCUT2D eigenvalue weighted by Gasteiger charge is 2.25. The van der Waals surface area contributed by atoms with Crippen molar-refractivity contribution in [2.75, 3.05) is 0 Å². The summed E-state index contributed by atoms with van der Waals surface area (Å²) >= 11 is 0. The van der Waals surface area contributed by atoms with Crippen molar-refractivity contribution in [2.45, 2.75) is 46.1 Å². The van der Waals surface area contributed by atoms with Crippen LogP contribution in [0.4, 0.5) is 0 Å². The molecule has 16 heavy (non-hydrogen) atoms. The Hall–Kier alpha value is -1.31. The molecule has 1 saturated carbocycles. The second-order valence-corrected chi connectivity index (χ2v) is 4.69. The van der Waals surface area contributed by atoms with E-state index in [-0.39, 0.29) is 5.97 Å². The van der Waals surface area contributed by atoms with Gasteiger partial charge in [0.25, 0.3) is 0 Å². The second-order valence-electron chi connectivity index (χ2n) is 4.69. The van der Waals surface area contributed by atoms with Crippen molar-refractivity contribution in [1.82, 2.24) is 0 Å². The SMILES string of the molecule is CC(=O)OCc1cc(C2CC2)c(C)cc1C. The summed E-state index contributed by atoms with van der Waals surface area (Å²) in [5.41, 5.74) is 5.16. The van der Waals surface area contributed by atoms with Crippen molar-refractivity contribution in [1.29, 1.82) is 0 Å². The van der Waals surface area contributed by atoms with Gasteiger partial charge in [-0.05, 0) is 54.9 Å². The predicted octanol–water partition coefficient (Wildman–Crippen LogP) is 3.24. The lowest BCUT2D eigenvalue weighted by atomic mass is 9.97. The summed E-state index contributed by atoms with van der Waals surface area (Å²) in [6.45, 7) is 6.09. The van der Waals surface area contributed by atoms with Gasteiger partial charge in [-0.25, -0.2) is 0 Å². The highest BCUT2D eigenvalue weighted by atomic mass is 16.5. The molecule has 1 aliphatic rings. The Labute approximate surface area is 96.6 Å². The van der Waals surface area contributed by atoms with E-state index >= 15 is 0 Å². The van der Waals surface area contributed by atoms with Crippen molar-refractivity contribution in [3.05, 3.63) is 34.4 Å². The van der Waals surface area contributed by atoms with Crippen LogP contribution in [0.3, 0.4) is 0 Å². The zero-order valence-electron chi connectivity index (χ0n) is 10.2. The first-order valence-electron chi connectivity index (χ1n) is 5.81. The number of benzene rings is 1. The van der Waals surface area contributed by atoms with Gasteiger partial charge in [0.2, 0.25) is 0 Å². The smallest absolute Gasteiger partial charge is 0.302 e. The van der Waals surface area contributed by atoms with Gasteiger partial charge in [0.15, 0.2) is 0 Å². The number of carbonyl (C=O) groups excluding carboxylic acids is 1. The van der Waals surface area contributed by atoms with Crippen molar-refractivity contribution in [3.63, 3.8) is 0 Å². The fourth-order valence-corrected chi connectivity index (χ4v) is 2.09. The average molecular weight is 218 g/mol. The molecular formula is C14H18O2. The zero-order chi connectivity index (χ0) is 11.7. The standard InChI is InChI=1S/C14H18O2/c1-9-6-10(2)14(12-4-5-12)7-13(9)8-16-11(3)15/h6-7,12H,4-5,8H2,1-3H3. The monoisotopic (exact) mass is 218 g/mol. The third-order valence-corrected chi connectivity index (χ3v) is 3.17. The number of hydrogen-bond acceptors (Lipinski definition) is 2. The lowest BCUT2D eigenvalue weighted by Crippen LogP contribution is -2.02. The molecule has 1 aromatic carbocycles. The fourth-order valence-electron chi connectivity index (χ4n) is 2.09. The molecule has 0 atom stereocenters. The summed E-state index contributed by atoms with van der Waals surface area (Å²) in [6, 6.07) is 4.41. The quantitative estimate of drug-likeness (QED) is 0.728. The molecule has 2 heteroatoms. The predicted molar refractivity (Wildman–Crippen MR) is 63.4 cm³/mol. The van der Waals surface area contributed by atoms with Crippen LogP contribution >= 0.6 is 0 Å².